The fourth-order valence-electron chi connectivity index (χ4n) is 5.46. The molecule has 0 radical (unpaired) electrons. The molecule has 1 fully saturated rings. The Kier molecular flexibility index (Phi) is 6.62. The van der Waals surface area contributed by atoms with Gasteiger partial charge in [0.25, 0.3) is 5.69 Å². The van der Waals surface area contributed by atoms with E-state index in [9.17, 15) is 10.1 Å². The van der Waals surface area contributed by atoms with Gasteiger partial charge in [0, 0.05) is 29.3 Å². The maximum Gasteiger partial charge on any atom is 0.273 e. The molecule has 0 unspecified atom stereocenters. The molecule has 3 heterocycles. The quantitative estimate of drug-likeness (QED) is 0.182. The molecular weight excluding hydrogens is 498 g/mol. The van der Waals surface area contributed by atoms with Gasteiger partial charge in [0.05, 0.1) is 41.6 Å². The van der Waals surface area contributed by atoms with Gasteiger partial charge in [-0.15, -0.1) is 0 Å². The topological polar surface area (TPSA) is 85.5 Å². The van der Waals surface area contributed by atoms with E-state index in [1.807, 2.05) is 25.1 Å². The van der Waals surface area contributed by atoms with E-state index >= 15 is 0 Å². The van der Waals surface area contributed by atoms with Crippen molar-refractivity contribution in [3.8, 4) is 11.4 Å². The second-order valence-corrected chi connectivity index (χ2v) is 10.0. The number of rotatable bonds is 6. The lowest BCUT2D eigenvalue weighted by molar-refractivity contribution is -0.384. The van der Waals surface area contributed by atoms with Crippen molar-refractivity contribution in [2.45, 2.75) is 39.8 Å². The van der Waals surface area contributed by atoms with E-state index in [0.717, 1.165) is 45.1 Å². The number of thiocarbonyl (C=S) groups is 1. The molecule has 4 aromatic rings. The molecule has 0 bridgehead atoms. The van der Waals surface area contributed by atoms with Gasteiger partial charge >= 0.3 is 0 Å². The molecule has 0 amide bonds. The van der Waals surface area contributed by atoms with Crippen molar-refractivity contribution in [1.82, 2.24) is 14.9 Å². The Morgan fingerprint density at radius 3 is 2.39 bits per heavy atom. The molecule has 0 spiro atoms. The van der Waals surface area contributed by atoms with Crippen molar-refractivity contribution in [1.29, 1.82) is 0 Å². The summed E-state index contributed by atoms with van der Waals surface area (Å²) in [7, 11) is 1.52. The highest BCUT2D eigenvalue weighted by Crippen LogP contribution is 2.44. The number of aryl methyl sites for hydroxylation is 3. The van der Waals surface area contributed by atoms with Crippen LogP contribution in [0.1, 0.15) is 45.9 Å². The first-order valence-electron chi connectivity index (χ1n) is 12.3. The van der Waals surface area contributed by atoms with Crippen molar-refractivity contribution < 1.29 is 9.66 Å². The molecule has 5 rings (SSSR count). The number of benzene rings is 2. The molecule has 1 aliphatic rings. The van der Waals surface area contributed by atoms with E-state index in [-0.39, 0.29) is 17.8 Å². The van der Waals surface area contributed by atoms with E-state index < -0.39 is 4.92 Å². The lowest BCUT2D eigenvalue weighted by Crippen LogP contribution is -2.29. The Morgan fingerprint density at radius 1 is 1.03 bits per heavy atom. The van der Waals surface area contributed by atoms with Crippen LogP contribution in [0.4, 0.5) is 11.4 Å². The minimum Gasteiger partial charge on any atom is -0.494 e. The molecule has 1 aliphatic heterocycles. The molecule has 38 heavy (non-hydrogen) atoms. The van der Waals surface area contributed by atoms with Crippen molar-refractivity contribution in [3.05, 3.63) is 111 Å². The summed E-state index contributed by atoms with van der Waals surface area (Å²) < 4.78 is 7.66. The van der Waals surface area contributed by atoms with Gasteiger partial charge in [-0.25, -0.2) is 0 Å². The number of pyridine rings is 1. The number of methoxy groups -OCH3 is 1. The first kappa shape index (κ1) is 25.4. The SMILES string of the molecule is COc1cc([N+](=O)[O-])ccc1-n1c(C)cc([C@H]2[C@@H](c3ccccn3)NC(=S)N2c2cc(C)cc(C)c2)c1C. The monoisotopic (exact) mass is 527 g/mol. The highest BCUT2D eigenvalue weighted by Gasteiger charge is 2.42. The Morgan fingerprint density at radius 2 is 1.76 bits per heavy atom. The fraction of sp³-hybridized carbons (Fsp3) is 0.241. The summed E-state index contributed by atoms with van der Waals surface area (Å²) in [5.41, 5.74) is 7.97. The van der Waals surface area contributed by atoms with Gasteiger partial charge < -0.3 is 19.5 Å². The first-order valence-corrected chi connectivity index (χ1v) is 12.7. The molecule has 0 aliphatic carbocycles. The van der Waals surface area contributed by atoms with Crippen LogP contribution in [0.5, 0.6) is 5.75 Å². The van der Waals surface area contributed by atoms with Crippen molar-refractivity contribution in [2.24, 2.45) is 0 Å². The molecule has 1 saturated heterocycles. The van der Waals surface area contributed by atoms with Crippen LogP contribution in [0.15, 0.2) is 66.9 Å². The van der Waals surface area contributed by atoms with Crippen molar-refractivity contribution in [3.63, 3.8) is 0 Å². The van der Waals surface area contributed by atoms with Crippen LogP contribution in [0.3, 0.4) is 0 Å². The summed E-state index contributed by atoms with van der Waals surface area (Å²) in [6, 6.07) is 18.8. The van der Waals surface area contributed by atoms with Gasteiger partial charge in [0.2, 0.25) is 0 Å². The summed E-state index contributed by atoms with van der Waals surface area (Å²) in [5, 5.41) is 15.5. The highest BCUT2D eigenvalue weighted by molar-refractivity contribution is 7.80. The Labute approximate surface area is 227 Å². The van der Waals surface area contributed by atoms with E-state index in [2.05, 4.69) is 64.8 Å². The van der Waals surface area contributed by atoms with E-state index in [1.165, 1.54) is 19.2 Å². The number of nitrogens with zero attached hydrogens (tertiary/aromatic N) is 4. The third-order valence-corrected chi connectivity index (χ3v) is 7.30. The normalized spacial score (nSPS) is 17.0. The summed E-state index contributed by atoms with van der Waals surface area (Å²) in [4.78, 5) is 17.8. The summed E-state index contributed by atoms with van der Waals surface area (Å²) >= 11 is 5.91. The third kappa shape index (κ3) is 4.39. The number of nitro benzene ring substituents is 1. The van der Waals surface area contributed by atoms with Crippen molar-refractivity contribution >= 4 is 28.7 Å². The largest absolute Gasteiger partial charge is 0.494 e. The lowest BCUT2D eigenvalue weighted by atomic mass is 9.96. The molecule has 1 N–H and O–H groups in total. The number of hydrogen-bond donors (Lipinski definition) is 1. The molecule has 2 aromatic carbocycles. The summed E-state index contributed by atoms with van der Waals surface area (Å²) in [6.45, 7) is 8.25. The van der Waals surface area contributed by atoms with Gasteiger partial charge in [0.15, 0.2) is 5.11 Å². The number of ether oxygens (including phenoxy) is 1. The zero-order chi connectivity index (χ0) is 27.1. The molecule has 2 atom stereocenters. The number of nitrogens with one attached hydrogen (secondary N) is 1. The molecule has 0 saturated carbocycles. The predicted octanol–water partition coefficient (Wildman–Crippen LogP) is 6.20. The molecule has 2 aromatic heterocycles. The average molecular weight is 528 g/mol. The smallest absolute Gasteiger partial charge is 0.273 e. The van der Waals surface area contributed by atoms with Gasteiger partial charge in [-0.05, 0) is 93.0 Å². The Bertz CT molecular complexity index is 1530. The number of aromatic nitrogens is 2. The number of nitro groups is 1. The predicted molar refractivity (Wildman–Crippen MR) is 152 cm³/mol. The fourth-order valence-corrected chi connectivity index (χ4v) is 5.81. The minimum atomic E-state index is -0.419. The summed E-state index contributed by atoms with van der Waals surface area (Å²) in [5.74, 6) is 0.431. The van der Waals surface area contributed by atoms with Crippen LogP contribution < -0.4 is 15.0 Å². The maximum atomic E-state index is 11.4. The maximum absolute atomic E-state index is 11.4. The van der Waals surface area contributed by atoms with E-state index in [0.29, 0.717) is 10.9 Å². The van der Waals surface area contributed by atoms with Gasteiger partial charge in [0.1, 0.15) is 5.75 Å². The number of anilines is 1. The number of non-ortho nitro benzene ring substituents is 1. The van der Waals surface area contributed by atoms with Crippen LogP contribution >= 0.6 is 12.2 Å². The van der Waals surface area contributed by atoms with E-state index in [1.54, 1.807) is 12.3 Å². The Hall–Kier alpha value is -4.24. The molecular formula is C29H29N5O3S. The standard InChI is InChI=1S/C29H29N5O3S/c1-17-12-18(2)14-22(13-17)33-28(27(31-29(33)38)24-8-6-7-11-30-24)23-15-19(3)32(20(23)4)25-10-9-21(34(35)36)16-26(25)37-5/h6-16,27-28H,1-5H3,(H,31,38)/t27-,28+/m1/s1. The zero-order valence-electron chi connectivity index (χ0n) is 21.9. The van der Waals surface area contributed by atoms with E-state index in [4.69, 9.17) is 17.0 Å². The molecule has 8 nitrogen and oxygen atoms in total. The van der Waals surface area contributed by atoms with Gasteiger partial charge in [-0.1, -0.05) is 12.1 Å². The van der Waals surface area contributed by atoms with Gasteiger partial charge in [-0.2, -0.15) is 0 Å². The van der Waals surface area contributed by atoms with Crippen LogP contribution in [-0.4, -0.2) is 26.7 Å². The average Bonchev–Trinajstić information content (AvgIpc) is 3.38. The first-order chi connectivity index (χ1) is 18.2. The van der Waals surface area contributed by atoms with Gasteiger partial charge in [-0.3, -0.25) is 15.1 Å². The van der Waals surface area contributed by atoms with Crippen molar-refractivity contribution in [2.75, 3.05) is 12.0 Å². The lowest BCUT2D eigenvalue weighted by Gasteiger charge is -2.29. The highest BCUT2D eigenvalue weighted by atomic mass is 32.1. The molecule has 9 heteroatoms. The number of hydrogen-bond acceptors (Lipinski definition) is 5. The van der Waals surface area contributed by atoms with Crippen LogP contribution in [-0.2, 0) is 0 Å². The second-order valence-electron chi connectivity index (χ2n) is 9.62. The zero-order valence-corrected chi connectivity index (χ0v) is 22.7. The summed E-state index contributed by atoms with van der Waals surface area (Å²) in [6.07, 6.45) is 1.79. The Balaban J connectivity index is 1.70. The molecule has 194 valence electrons. The van der Waals surface area contributed by atoms with Crippen LogP contribution in [0.2, 0.25) is 0 Å². The minimum absolute atomic E-state index is 0.0187. The third-order valence-electron chi connectivity index (χ3n) is 6.99. The van der Waals surface area contributed by atoms with Crippen LogP contribution in [0, 0.1) is 37.8 Å². The second kappa shape index (κ2) is 9.90. The van der Waals surface area contributed by atoms with Crippen LogP contribution in [0.25, 0.3) is 5.69 Å².